The van der Waals surface area contributed by atoms with Crippen molar-refractivity contribution in [3.05, 3.63) is 57.3 Å². The van der Waals surface area contributed by atoms with E-state index in [-0.39, 0.29) is 16.8 Å². The number of carbonyl (C=O) groups excluding carboxylic acids is 1. The topological polar surface area (TPSA) is 57.6 Å². The van der Waals surface area contributed by atoms with E-state index < -0.39 is 5.97 Å². The summed E-state index contributed by atoms with van der Waals surface area (Å²) in [5, 5.41) is 9.03. The lowest BCUT2D eigenvalue weighted by Crippen LogP contribution is -2.38. The maximum Gasteiger partial charge on any atom is 0.345 e. The third kappa shape index (κ3) is 3.22. The molecule has 5 heteroatoms. The molecule has 1 aliphatic rings. The van der Waals surface area contributed by atoms with Crippen molar-refractivity contribution in [2.75, 3.05) is 7.05 Å². The number of aryl methyl sites for hydroxylation is 1. The van der Waals surface area contributed by atoms with Crippen molar-refractivity contribution in [2.45, 2.75) is 38.1 Å². The van der Waals surface area contributed by atoms with Gasteiger partial charge in [0, 0.05) is 19.0 Å². The van der Waals surface area contributed by atoms with Crippen LogP contribution in [-0.4, -0.2) is 35.0 Å². The Labute approximate surface area is 145 Å². The Hall–Kier alpha value is -2.14. The average Bonchev–Trinajstić information content (AvgIpc) is 3.23. The van der Waals surface area contributed by atoms with Crippen molar-refractivity contribution in [1.82, 2.24) is 4.90 Å². The zero-order chi connectivity index (χ0) is 17.3. The molecule has 1 amide bonds. The molecule has 0 bridgehead atoms. The van der Waals surface area contributed by atoms with Gasteiger partial charge >= 0.3 is 5.97 Å². The molecule has 0 saturated heterocycles. The molecule has 1 fully saturated rings. The quantitative estimate of drug-likeness (QED) is 0.907. The van der Waals surface area contributed by atoms with Crippen LogP contribution in [0.15, 0.2) is 36.4 Å². The van der Waals surface area contributed by atoms with Crippen LogP contribution < -0.4 is 0 Å². The van der Waals surface area contributed by atoms with Gasteiger partial charge in [0.05, 0.1) is 4.88 Å². The molecular formula is C19H21NO3S. The summed E-state index contributed by atoms with van der Waals surface area (Å²) in [4.78, 5) is 26.2. The van der Waals surface area contributed by atoms with E-state index in [1.807, 2.05) is 7.05 Å². The first-order chi connectivity index (χ1) is 11.5. The highest BCUT2D eigenvalue weighted by molar-refractivity contribution is 7.15. The summed E-state index contributed by atoms with van der Waals surface area (Å²) >= 11 is 1.04. The van der Waals surface area contributed by atoms with Gasteiger partial charge in [-0.25, -0.2) is 4.79 Å². The van der Waals surface area contributed by atoms with Gasteiger partial charge in [0.2, 0.25) is 0 Å². The number of likely N-dealkylation sites (N-methyl/N-ethyl adjacent to an activating group) is 1. The van der Waals surface area contributed by atoms with Crippen molar-refractivity contribution in [3.8, 4) is 0 Å². The van der Waals surface area contributed by atoms with Crippen LogP contribution in [0.25, 0.3) is 0 Å². The van der Waals surface area contributed by atoms with Crippen LogP contribution in [0.1, 0.15) is 55.7 Å². The number of amides is 1. The molecule has 0 radical (unpaired) electrons. The predicted octanol–water partition coefficient (Wildman–Crippen LogP) is 4.16. The number of aromatic carboxylic acids is 1. The fraction of sp³-hybridized carbons (Fsp3) is 0.368. The molecule has 3 rings (SSSR count). The van der Waals surface area contributed by atoms with Crippen LogP contribution in [-0.2, 0) is 0 Å². The molecule has 1 saturated carbocycles. The summed E-state index contributed by atoms with van der Waals surface area (Å²) in [6.45, 7) is 2.07. The summed E-state index contributed by atoms with van der Waals surface area (Å²) in [6, 6.07) is 11.8. The van der Waals surface area contributed by atoms with Gasteiger partial charge in [0.15, 0.2) is 0 Å². The summed E-state index contributed by atoms with van der Waals surface area (Å²) < 4.78 is 0. The van der Waals surface area contributed by atoms with Crippen molar-refractivity contribution >= 4 is 23.2 Å². The first kappa shape index (κ1) is 16.7. The molecular weight excluding hydrogens is 322 g/mol. The van der Waals surface area contributed by atoms with Crippen molar-refractivity contribution in [3.63, 3.8) is 0 Å². The molecule has 2 atom stereocenters. The fourth-order valence-electron chi connectivity index (χ4n) is 3.50. The van der Waals surface area contributed by atoms with E-state index in [0.29, 0.717) is 10.8 Å². The molecule has 126 valence electrons. The first-order valence-electron chi connectivity index (χ1n) is 8.14. The first-order valence-corrected chi connectivity index (χ1v) is 8.96. The van der Waals surface area contributed by atoms with E-state index in [1.165, 1.54) is 17.2 Å². The van der Waals surface area contributed by atoms with Crippen LogP contribution in [0.3, 0.4) is 0 Å². The van der Waals surface area contributed by atoms with Gasteiger partial charge in [-0.3, -0.25) is 4.79 Å². The molecule has 2 aromatic rings. The number of rotatable bonds is 4. The monoisotopic (exact) mass is 343 g/mol. The normalized spacial score (nSPS) is 20.1. The highest BCUT2D eigenvalue weighted by atomic mass is 32.1. The number of nitrogens with zero attached hydrogens (tertiary/aromatic N) is 1. The number of carboxylic acids is 1. The van der Waals surface area contributed by atoms with E-state index in [2.05, 4.69) is 31.2 Å². The van der Waals surface area contributed by atoms with E-state index >= 15 is 0 Å². The standard InChI is InChI=1S/C19H21NO3S/c1-12-6-8-13(9-7-12)14-4-3-5-15(14)20(2)18(21)16-10-11-17(24-16)19(22)23/h6-11,14-15H,3-5H2,1-2H3,(H,22,23). The molecule has 1 heterocycles. The van der Waals surface area contributed by atoms with E-state index in [0.717, 1.165) is 30.6 Å². The Morgan fingerprint density at radius 3 is 2.38 bits per heavy atom. The number of hydrogen-bond donors (Lipinski definition) is 1. The van der Waals surface area contributed by atoms with Gasteiger partial charge < -0.3 is 10.0 Å². The van der Waals surface area contributed by atoms with Gasteiger partial charge in [0.25, 0.3) is 5.91 Å². The Morgan fingerprint density at radius 1 is 1.08 bits per heavy atom. The van der Waals surface area contributed by atoms with Crippen LogP contribution in [0.5, 0.6) is 0 Å². The second kappa shape index (κ2) is 6.77. The number of carboxylic acid groups (broad SMARTS) is 1. The maximum absolute atomic E-state index is 12.7. The smallest absolute Gasteiger partial charge is 0.345 e. The molecule has 1 aromatic carbocycles. The van der Waals surface area contributed by atoms with Crippen LogP contribution in [0.2, 0.25) is 0 Å². The molecule has 1 aromatic heterocycles. The number of hydrogen-bond acceptors (Lipinski definition) is 3. The third-order valence-electron chi connectivity index (χ3n) is 4.83. The molecule has 0 aliphatic heterocycles. The van der Waals surface area contributed by atoms with Crippen LogP contribution in [0, 0.1) is 6.92 Å². The van der Waals surface area contributed by atoms with Gasteiger partial charge in [-0.2, -0.15) is 0 Å². The zero-order valence-corrected chi connectivity index (χ0v) is 14.7. The largest absolute Gasteiger partial charge is 0.477 e. The molecule has 1 N–H and O–H groups in total. The molecule has 4 nitrogen and oxygen atoms in total. The number of benzene rings is 1. The summed E-state index contributed by atoms with van der Waals surface area (Å²) in [7, 11) is 1.83. The van der Waals surface area contributed by atoms with Gasteiger partial charge in [-0.15, -0.1) is 11.3 Å². The highest BCUT2D eigenvalue weighted by Gasteiger charge is 2.34. The summed E-state index contributed by atoms with van der Waals surface area (Å²) in [5.74, 6) is -0.727. The average molecular weight is 343 g/mol. The second-order valence-electron chi connectivity index (χ2n) is 6.40. The minimum absolute atomic E-state index is 0.0866. The summed E-state index contributed by atoms with van der Waals surface area (Å²) in [6.07, 6.45) is 3.17. The molecule has 24 heavy (non-hydrogen) atoms. The van der Waals surface area contributed by atoms with E-state index in [9.17, 15) is 9.59 Å². The Morgan fingerprint density at radius 2 is 1.75 bits per heavy atom. The Balaban J connectivity index is 1.79. The van der Waals surface area contributed by atoms with E-state index in [4.69, 9.17) is 5.11 Å². The second-order valence-corrected chi connectivity index (χ2v) is 7.48. The minimum atomic E-state index is -0.986. The molecule has 0 spiro atoms. The van der Waals surface area contributed by atoms with Gasteiger partial charge in [0.1, 0.15) is 4.88 Å². The van der Waals surface area contributed by atoms with Crippen molar-refractivity contribution in [2.24, 2.45) is 0 Å². The zero-order valence-electron chi connectivity index (χ0n) is 13.9. The van der Waals surface area contributed by atoms with Crippen molar-refractivity contribution < 1.29 is 14.7 Å². The fourth-order valence-corrected chi connectivity index (χ4v) is 4.33. The Kier molecular flexibility index (Phi) is 4.71. The van der Waals surface area contributed by atoms with Gasteiger partial charge in [-0.1, -0.05) is 36.2 Å². The Bertz CT molecular complexity index is 750. The molecule has 1 aliphatic carbocycles. The maximum atomic E-state index is 12.7. The number of thiophene rings is 1. The highest BCUT2D eigenvalue weighted by Crippen LogP contribution is 2.38. The third-order valence-corrected chi connectivity index (χ3v) is 5.89. The SMILES string of the molecule is Cc1ccc(C2CCCC2N(C)C(=O)c2ccc(C(=O)O)s2)cc1. The summed E-state index contributed by atoms with van der Waals surface area (Å²) in [5.41, 5.74) is 2.51. The minimum Gasteiger partial charge on any atom is -0.477 e. The lowest BCUT2D eigenvalue weighted by molar-refractivity contribution is 0.0700. The lowest BCUT2D eigenvalue weighted by Gasteiger charge is -2.30. The van der Waals surface area contributed by atoms with E-state index in [1.54, 1.807) is 11.0 Å². The van der Waals surface area contributed by atoms with Crippen LogP contribution in [0.4, 0.5) is 0 Å². The predicted molar refractivity (Wildman–Crippen MR) is 94.9 cm³/mol. The van der Waals surface area contributed by atoms with Crippen LogP contribution >= 0.6 is 11.3 Å². The van der Waals surface area contributed by atoms with Gasteiger partial charge in [-0.05, 0) is 37.5 Å². The lowest BCUT2D eigenvalue weighted by atomic mass is 9.92. The number of carbonyl (C=O) groups is 2. The molecule has 2 unspecified atom stereocenters. The van der Waals surface area contributed by atoms with Crippen molar-refractivity contribution in [1.29, 1.82) is 0 Å².